The molecule has 5 heteroatoms. The summed E-state index contributed by atoms with van der Waals surface area (Å²) in [4.78, 5) is 16.6. The van der Waals surface area contributed by atoms with Gasteiger partial charge in [-0.15, -0.1) is 0 Å². The van der Waals surface area contributed by atoms with Crippen molar-refractivity contribution in [1.82, 2.24) is 14.9 Å². The van der Waals surface area contributed by atoms with Gasteiger partial charge in [0.25, 0.3) is 0 Å². The minimum Gasteiger partial charge on any atom is -0.468 e. The molecule has 0 aromatic carbocycles. The first-order valence-corrected chi connectivity index (χ1v) is 7.37. The van der Waals surface area contributed by atoms with Crippen LogP contribution >= 0.6 is 0 Å². The van der Waals surface area contributed by atoms with Gasteiger partial charge in [-0.1, -0.05) is 6.92 Å². The Bertz CT molecular complexity index is 483. The SMILES string of the molecule is CCCNC1(C(=O)OC)CCC(n2cnc(C)c2C)C1. The fourth-order valence-electron chi connectivity index (χ4n) is 3.12. The molecule has 0 saturated heterocycles. The first-order chi connectivity index (χ1) is 9.54. The molecule has 1 aliphatic carbocycles. The van der Waals surface area contributed by atoms with Crippen LogP contribution in [-0.4, -0.2) is 34.7 Å². The molecule has 0 spiro atoms. The molecule has 1 heterocycles. The molecule has 0 radical (unpaired) electrons. The van der Waals surface area contributed by atoms with Crippen molar-refractivity contribution >= 4 is 5.97 Å². The van der Waals surface area contributed by atoms with E-state index < -0.39 is 5.54 Å². The molecule has 2 atom stereocenters. The highest BCUT2D eigenvalue weighted by Gasteiger charge is 2.46. The lowest BCUT2D eigenvalue weighted by Crippen LogP contribution is -2.51. The number of hydrogen-bond donors (Lipinski definition) is 1. The van der Waals surface area contributed by atoms with Crippen molar-refractivity contribution in [3.8, 4) is 0 Å². The van der Waals surface area contributed by atoms with Crippen LogP contribution in [0.3, 0.4) is 0 Å². The monoisotopic (exact) mass is 279 g/mol. The zero-order valence-electron chi connectivity index (χ0n) is 12.9. The van der Waals surface area contributed by atoms with Gasteiger partial charge in [0.15, 0.2) is 0 Å². The molecule has 1 aromatic rings. The third kappa shape index (κ3) is 2.59. The van der Waals surface area contributed by atoms with Crippen LogP contribution in [0.2, 0.25) is 0 Å². The Hall–Kier alpha value is -1.36. The van der Waals surface area contributed by atoms with Crippen LogP contribution < -0.4 is 5.32 Å². The summed E-state index contributed by atoms with van der Waals surface area (Å²) < 4.78 is 7.23. The molecule has 0 aliphatic heterocycles. The number of hydrogen-bond acceptors (Lipinski definition) is 4. The maximum Gasteiger partial charge on any atom is 0.326 e. The molecule has 112 valence electrons. The normalized spacial score (nSPS) is 25.9. The van der Waals surface area contributed by atoms with Gasteiger partial charge in [0.1, 0.15) is 5.54 Å². The average Bonchev–Trinajstić information content (AvgIpc) is 3.02. The van der Waals surface area contributed by atoms with Crippen LogP contribution in [0.5, 0.6) is 0 Å². The summed E-state index contributed by atoms with van der Waals surface area (Å²) in [6.07, 6.45) is 5.47. The Balaban J connectivity index is 2.18. The van der Waals surface area contributed by atoms with E-state index in [1.54, 1.807) is 0 Å². The van der Waals surface area contributed by atoms with Crippen molar-refractivity contribution < 1.29 is 9.53 Å². The van der Waals surface area contributed by atoms with E-state index in [9.17, 15) is 4.79 Å². The molecular formula is C15H25N3O2. The van der Waals surface area contributed by atoms with Crippen molar-refractivity contribution in [2.24, 2.45) is 0 Å². The predicted octanol–water partition coefficient (Wildman–Crippen LogP) is 2.14. The average molecular weight is 279 g/mol. The fraction of sp³-hybridized carbons (Fsp3) is 0.733. The van der Waals surface area contributed by atoms with Gasteiger partial charge in [-0.05, 0) is 46.1 Å². The number of ether oxygens (including phenoxy) is 1. The van der Waals surface area contributed by atoms with Gasteiger partial charge < -0.3 is 14.6 Å². The molecule has 5 nitrogen and oxygen atoms in total. The molecule has 0 bridgehead atoms. The van der Waals surface area contributed by atoms with Crippen LogP contribution in [0.25, 0.3) is 0 Å². The molecule has 0 amide bonds. The maximum absolute atomic E-state index is 12.2. The maximum atomic E-state index is 12.2. The second-order valence-electron chi connectivity index (χ2n) is 5.72. The third-order valence-corrected chi connectivity index (χ3v) is 4.46. The zero-order chi connectivity index (χ0) is 14.8. The summed E-state index contributed by atoms with van der Waals surface area (Å²) in [5.41, 5.74) is 1.72. The number of aryl methyl sites for hydroxylation is 1. The van der Waals surface area contributed by atoms with E-state index in [0.717, 1.165) is 37.9 Å². The van der Waals surface area contributed by atoms with Crippen LogP contribution in [0, 0.1) is 13.8 Å². The summed E-state index contributed by atoms with van der Waals surface area (Å²) in [7, 11) is 1.47. The van der Waals surface area contributed by atoms with E-state index in [0.29, 0.717) is 6.04 Å². The number of nitrogens with one attached hydrogen (secondary N) is 1. The van der Waals surface area contributed by atoms with Gasteiger partial charge in [0, 0.05) is 11.7 Å². The standard InChI is InChI=1S/C15H25N3O2/c1-5-8-17-15(14(19)20-4)7-6-13(9-15)18-10-16-11(2)12(18)3/h10,13,17H,5-9H2,1-4H3. The lowest BCUT2D eigenvalue weighted by Gasteiger charge is -2.28. The molecule has 20 heavy (non-hydrogen) atoms. The first kappa shape index (κ1) is 15.0. The summed E-state index contributed by atoms with van der Waals surface area (Å²) in [6, 6.07) is 0.319. The number of esters is 1. The molecular weight excluding hydrogens is 254 g/mol. The number of carbonyl (C=O) groups excluding carboxylic acids is 1. The van der Waals surface area contributed by atoms with Crippen molar-refractivity contribution in [3.63, 3.8) is 0 Å². The quantitative estimate of drug-likeness (QED) is 0.839. The number of rotatable bonds is 5. The molecule has 1 saturated carbocycles. The largest absolute Gasteiger partial charge is 0.468 e. The van der Waals surface area contributed by atoms with Crippen molar-refractivity contribution in [3.05, 3.63) is 17.7 Å². The minimum absolute atomic E-state index is 0.136. The third-order valence-electron chi connectivity index (χ3n) is 4.46. The highest BCUT2D eigenvalue weighted by molar-refractivity contribution is 5.81. The summed E-state index contributed by atoms with van der Waals surface area (Å²) >= 11 is 0. The zero-order valence-corrected chi connectivity index (χ0v) is 12.9. The van der Waals surface area contributed by atoms with Gasteiger partial charge in [0.05, 0.1) is 19.1 Å². The molecule has 1 fully saturated rings. The second kappa shape index (κ2) is 5.95. The number of aromatic nitrogens is 2. The van der Waals surface area contributed by atoms with Gasteiger partial charge >= 0.3 is 5.97 Å². The van der Waals surface area contributed by atoms with Gasteiger partial charge in [-0.25, -0.2) is 4.98 Å². The summed E-state index contributed by atoms with van der Waals surface area (Å²) in [5.74, 6) is -0.136. The van der Waals surface area contributed by atoms with E-state index in [4.69, 9.17) is 4.74 Å². The topological polar surface area (TPSA) is 56.1 Å². The Morgan fingerprint density at radius 1 is 1.60 bits per heavy atom. The number of imidazole rings is 1. The Morgan fingerprint density at radius 2 is 2.35 bits per heavy atom. The highest BCUT2D eigenvalue weighted by atomic mass is 16.5. The van der Waals surface area contributed by atoms with Crippen LogP contribution in [0.4, 0.5) is 0 Å². The molecule has 2 rings (SSSR count). The second-order valence-corrected chi connectivity index (χ2v) is 5.72. The Labute approximate surface area is 120 Å². The Kier molecular flexibility index (Phi) is 4.48. The van der Waals surface area contributed by atoms with E-state index in [1.165, 1.54) is 12.8 Å². The van der Waals surface area contributed by atoms with Crippen LogP contribution in [-0.2, 0) is 9.53 Å². The van der Waals surface area contributed by atoms with Crippen molar-refractivity contribution in [1.29, 1.82) is 0 Å². The predicted molar refractivity (Wildman–Crippen MR) is 77.6 cm³/mol. The molecule has 1 aliphatic rings. The van der Waals surface area contributed by atoms with E-state index in [-0.39, 0.29) is 5.97 Å². The minimum atomic E-state index is -0.528. The lowest BCUT2D eigenvalue weighted by molar-refractivity contribution is -0.148. The van der Waals surface area contributed by atoms with Gasteiger partial charge in [-0.2, -0.15) is 0 Å². The van der Waals surface area contributed by atoms with Gasteiger partial charge in [-0.3, -0.25) is 4.79 Å². The molecule has 1 N–H and O–H groups in total. The van der Waals surface area contributed by atoms with Crippen molar-refractivity contribution in [2.75, 3.05) is 13.7 Å². The van der Waals surface area contributed by atoms with Crippen LogP contribution in [0.15, 0.2) is 6.33 Å². The number of methoxy groups -OCH3 is 1. The van der Waals surface area contributed by atoms with Crippen molar-refractivity contribution in [2.45, 2.75) is 58.0 Å². The number of carbonyl (C=O) groups is 1. The fourth-order valence-corrected chi connectivity index (χ4v) is 3.12. The first-order valence-electron chi connectivity index (χ1n) is 7.37. The molecule has 2 unspecified atom stereocenters. The van der Waals surface area contributed by atoms with E-state index in [1.807, 2.05) is 13.3 Å². The smallest absolute Gasteiger partial charge is 0.326 e. The summed E-state index contributed by atoms with van der Waals surface area (Å²) in [6.45, 7) is 7.04. The van der Waals surface area contributed by atoms with Gasteiger partial charge in [0.2, 0.25) is 0 Å². The Morgan fingerprint density at radius 3 is 2.90 bits per heavy atom. The van der Waals surface area contributed by atoms with E-state index >= 15 is 0 Å². The summed E-state index contributed by atoms with van der Waals surface area (Å²) in [5, 5.41) is 3.41. The van der Waals surface area contributed by atoms with Crippen LogP contribution in [0.1, 0.15) is 50.0 Å². The number of nitrogens with zero attached hydrogens (tertiary/aromatic N) is 2. The van der Waals surface area contributed by atoms with E-state index in [2.05, 4.69) is 28.7 Å². The lowest BCUT2D eigenvalue weighted by atomic mass is 9.97. The highest BCUT2D eigenvalue weighted by Crippen LogP contribution is 2.39. The molecule has 1 aromatic heterocycles.